The summed E-state index contributed by atoms with van der Waals surface area (Å²) in [7, 11) is 0. The minimum atomic E-state index is -0.767. The van der Waals surface area contributed by atoms with Gasteiger partial charge in [0.1, 0.15) is 11.6 Å². The van der Waals surface area contributed by atoms with Gasteiger partial charge in [0.15, 0.2) is 0 Å². The summed E-state index contributed by atoms with van der Waals surface area (Å²) < 4.78 is 13.7. The predicted octanol–water partition coefficient (Wildman–Crippen LogP) is 3.57. The Hall–Kier alpha value is -1.39. The molecule has 0 aliphatic carbocycles. The molecule has 2 N–H and O–H groups in total. The van der Waals surface area contributed by atoms with Gasteiger partial charge in [-0.25, -0.2) is 4.39 Å². The average molecular weight is 311 g/mol. The van der Waals surface area contributed by atoms with Crippen molar-refractivity contribution in [3.63, 3.8) is 0 Å². The van der Waals surface area contributed by atoms with E-state index in [1.165, 1.54) is 6.07 Å². The van der Waals surface area contributed by atoms with E-state index in [9.17, 15) is 9.50 Å². The van der Waals surface area contributed by atoms with E-state index in [0.29, 0.717) is 16.5 Å². The van der Waals surface area contributed by atoms with Crippen molar-refractivity contribution >= 4 is 15.9 Å². The van der Waals surface area contributed by atoms with Crippen LogP contribution in [0.3, 0.4) is 0 Å². The van der Waals surface area contributed by atoms with Gasteiger partial charge in [-0.05, 0) is 51.3 Å². The maximum absolute atomic E-state index is 13.3. The molecular weight excluding hydrogens is 299 g/mol. The Morgan fingerprint density at radius 3 is 2.39 bits per heavy atom. The van der Waals surface area contributed by atoms with Crippen molar-refractivity contribution in [2.45, 2.75) is 12.5 Å². The molecule has 0 bridgehead atoms. The molecule has 0 aliphatic heterocycles. The summed E-state index contributed by atoms with van der Waals surface area (Å²) in [5, 5.41) is 19.2. The van der Waals surface area contributed by atoms with Crippen LogP contribution in [0.2, 0.25) is 0 Å². The molecule has 0 heterocycles. The Morgan fingerprint density at radius 1 is 1.11 bits per heavy atom. The molecule has 2 aromatic carbocycles. The van der Waals surface area contributed by atoms with Gasteiger partial charge in [-0.3, -0.25) is 0 Å². The van der Waals surface area contributed by atoms with Crippen LogP contribution in [0.4, 0.5) is 4.39 Å². The molecule has 1 unspecified atom stereocenters. The van der Waals surface area contributed by atoms with Crippen molar-refractivity contribution in [2.75, 3.05) is 0 Å². The number of aliphatic hydroxyl groups excluding tert-OH is 1. The number of halogens is 2. The minimum absolute atomic E-state index is 0.183. The number of aliphatic hydroxyl groups is 1. The Morgan fingerprint density at radius 2 is 1.78 bits per heavy atom. The Bertz CT molecular complexity index is 540. The molecule has 0 fully saturated rings. The van der Waals surface area contributed by atoms with Crippen molar-refractivity contribution in [3.8, 4) is 5.75 Å². The van der Waals surface area contributed by atoms with Crippen molar-refractivity contribution in [1.82, 2.24) is 0 Å². The lowest BCUT2D eigenvalue weighted by Crippen LogP contribution is -2.02. The number of hydrogen-bond acceptors (Lipinski definition) is 2. The van der Waals surface area contributed by atoms with Gasteiger partial charge in [0.05, 0.1) is 10.6 Å². The van der Waals surface area contributed by atoms with Crippen LogP contribution >= 0.6 is 15.9 Å². The first-order valence-corrected chi connectivity index (χ1v) is 6.26. The quantitative estimate of drug-likeness (QED) is 0.910. The number of aromatic hydroxyl groups is 1. The molecule has 0 amide bonds. The molecule has 2 nitrogen and oxygen atoms in total. The van der Waals surface area contributed by atoms with E-state index in [1.807, 2.05) is 0 Å². The average Bonchev–Trinajstić information content (AvgIpc) is 2.35. The van der Waals surface area contributed by atoms with E-state index < -0.39 is 11.9 Å². The first-order chi connectivity index (χ1) is 8.56. The summed E-state index contributed by atoms with van der Waals surface area (Å²) in [5.41, 5.74) is 1.41. The third-order valence-electron chi connectivity index (χ3n) is 2.69. The zero-order chi connectivity index (χ0) is 13.1. The fourth-order valence-electron chi connectivity index (χ4n) is 1.69. The summed E-state index contributed by atoms with van der Waals surface area (Å²) in [6.07, 6.45) is -0.390. The van der Waals surface area contributed by atoms with Crippen LogP contribution in [0.25, 0.3) is 0 Å². The van der Waals surface area contributed by atoms with Gasteiger partial charge in [0.2, 0.25) is 0 Å². The Kier molecular flexibility index (Phi) is 3.99. The monoisotopic (exact) mass is 310 g/mol. The van der Waals surface area contributed by atoms with E-state index in [2.05, 4.69) is 15.9 Å². The number of phenols is 1. The van der Waals surface area contributed by atoms with Crippen LogP contribution in [0.5, 0.6) is 5.75 Å². The molecule has 18 heavy (non-hydrogen) atoms. The fourth-order valence-corrected chi connectivity index (χ4v) is 1.94. The molecule has 0 aliphatic rings. The SMILES string of the molecule is Oc1ccc(CC(O)c2ccc(Br)c(F)c2)cc1. The lowest BCUT2D eigenvalue weighted by molar-refractivity contribution is 0.178. The zero-order valence-corrected chi connectivity index (χ0v) is 11.1. The van der Waals surface area contributed by atoms with Crippen molar-refractivity contribution < 1.29 is 14.6 Å². The molecule has 2 aromatic rings. The van der Waals surface area contributed by atoms with Gasteiger partial charge in [-0.2, -0.15) is 0 Å². The standard InChI is InChI=1S/C14H12BrFO2/c15-12-6-3-10(8-13(12)16)14(18)7-9-1-4-11(17)5-2-9/h1-6,8,14,17-18H,7H2. The second-order valence-electron chi connectivity index (χ2n) is 4.06. The van der Waals surface area contributed by atoms with Crippen molar-refractivity contribution in [2.24, 2.45) is 0 Å². The minimum Gasteiger partial charge on any atom is -0.508 e. The fraction of sp³-hybridized carbons (Fsp3) is 0.143. The predicted molar refractivity (Wildman–Crippen MR) is 70.9 cm³/mol. The summed E-state index contributed by atoms with van der Waals surface area (Å²) in [6, 6.07) is 11.1. The largest absolute Gasteiger partial charge is 0.508 e. The Labute approximate surface area is 113 Å². The molecule has 2 rings (SSSR count). The Balaban J connectivity index is 2.13. The van der Waals surface area contributed by atoms with Crippen molar-refractivity contribution in [3.05, 3.63) is 63.9 Å². The highest BCUT2D eigenvalue weighted by molar-refractivity contribution is 9.10. The summed E-state index contributed by atoms with van der Waals surface area (Å²) in [4.78, 5) is 0. The van der Waals surface area contributed by atoms with E-state index in [-0.39, 0.29) is 5.75 Å². The smallest absolute Gasteiger partial charge is 0.137 e. The van der Waals surface area contributed by atoms with Crippen molar-refractivity contribution in [1.29, 1.82) is 0 Å². The van der Waals surface area contributed by atoms with Gasteiger partial charge in [0, 0.05) is 6.42 Å². The highest BCUT2D eigenvalue weighted by Crippen LogP contribution is 2.23. The molecule has 0 saturated carbocycles. The number of rotatable bonds is 3. The number of benzene rings is 2. The van der Waals surface area contributed by atoms with Crippen LogP contribution in [0.15, 0.2) is 46.9 Å². The molecule has 0 aromatic heterocycles. The first kappa shape index (κ1) is 13.1. The van der Waals surface area contributed by atoms with Gasteiger partial charge >= 0.3 is 0 Å². The molecule has 0 saturated heterocycles. The zero-order valence-electron chi connectivity index (χ0n) is 9.48. The van der Waals surface area contributed by atoms with Crippen LogP contribution in [-0.4, -0.2) is 10.2 Å². The van der Waals surface area contributed by atoms with Gasteiger partial charge in [-0.15, -0.1) is 0 Å². The third kappa shape index (κ3) is 3.09. The third-order valence-corrected chi connectivity index (χ3v) is 3.34. The molecule has 4 heteroatoms. The molecule has 94 valence electrons. The maximum Gasteiger partial charge on any atom is 0.137 e. The summed E-state index contributed by atoms with van der Waals surface area (Å²) >= 11 is 3.07. The van der Waals surface area contributed by atoms with Crippen LogP contribution in [-0.2, 0) is 6.42 Å². The lowest BCUT2D eigenvalue weighted by atomic mass is 10.0. The summed E-state index contributed by atoms with van der Waals surface area (Å²) in [6.45, 7) is 0. The first-order valence-electron chi connectivity index (χ1n) is 5.47. The van der Waals surface area contributed by atoms with E-state index >= 15 is 0 Å². The second-order valence-corrected chi connectivity index (χ2v) is 4.91. The maximum atomic E-state index is 13.3. The van der Waals surface area contributed by atoms with Crippen LogP contribution in [0, 0.1) is 5.82 Å². The highest BCUT2D eigenvalue weighted by atomic mass is 79.9. The molecule has 0 radical (unpaired) electrons. The lowest BCUT2D eigenvalue weighted by Gasteiger charge is -2.11. The second kappa shape index (κ2) is 5.50. The highest BCUT2D eigenvalue weighted by Gasteiger charge is 2.10. The van der Waals surface area contributed by atoms with Gasteiger partial charge in [0.25, 0.3) is 0 Å². The normalized spacial score (nSPS) is 12.4. The summed E-state index contributed by atoms with van der Waals surface area (Å²) in [5.74, 6) is -0.208. The topological polar surface area (TPSA) is 40.5 Å². The van der Waals surface area contributed by atoms with Gasteiger partial charge < -0.3 is 10.2 Å². The van der Waals surface area contributed by atoms with E-state index in [4.69, 9.17) is 5.11 Å². The van der Waals surface area contributed by atoms with Gasteiger partial charge in [-0.1, -0.05) is 18.2 Å². The molecule has 1 atom stereocenters. The number of hydrogen-bond donors (Lipinski definition) is 2. The molecule has 0 spiro atoms. The van der Waals surface area contributed by atoms with E-state index in [1.54, 1.807) is 36.4 Å². The van der Waals surface area contributed by atoms with Crippen LogP contribution < -0.4 is 0 Å². The molecular formula is C14H12BrFO2. The number of phenolic OH excluding ortho intramolecular Hbond substituents is 1. The van der Waals surface area contributed by atoms with E-state index in [0.717, 1.165) is 5.56 Å². The van der Waals surface area contributed by atoms with Crippen LogP contribution in [0.1, 0.15) is 17.2 Å².